The number of phosphoric ester groups is 1. The van der Waals surface area contributed by atoms with E-state index in [-0.39, 0.29) is 26.2 Å². The van der Waals surface area contributed by atoms with Crippen LogP contribution < -0.4 is 4.89 Å². The van der Waals surface area contributed by atoms with Crippen molar-refractivity contribution < 1.29 is 37.3 Å². The van der Waals surface area contributed by atoms with Gasteiger partial charge in [-0.25, -0.2) is 0 Å². The lowest BCUT2D eigenvalue weighted by Crippen LogP contribution is -2.37. The molecule has 0 radical (unpaired) electrons. The Labute approximate surface area is 337 Å². The van der Waals surface area contributed by atoms with Gasteiger partial charge in [0.25, 0.3) is 7.82 Å². The monoisotopic (exact) mass is 790 g/mol. The Kier molecular flexibility index (Phi) is 36.7. The summed E-state index contributed by atoms with van der Waals surface area (Å²) in [5.41, 5.74) is 0. The average Bonchev–Trinajstić information content (AvgIpc) is 3.13. The molecule has 8 nitrogen and oxygen atoms in total. The number of unbranched alkanes of at least 4 members (excludes halogenated alkanes) is 12. The predicted molar refractivity (Wildman–Crippen MR) is 231 cm³/mol. The Morgan fingerprint density at radius 3 is 1.56 bits per heavy atom. The molecular weight excluding hydrogens is 709 g/mol. The summed E-state index contributed by atoms with van der Waals surface area (Å²) in [7, 11) is 1.27. The highest BCUT2D eigenvalue weighted by molar-refractivity contribution is 7.45. The molecule has 2 atom stereocenters. The van der Waals surface area contributed by atoms with Gasteiger partial charge in [-0.05, 0) is 63.9 Å². The van der Waals surface area contributed by atoms with Gasteiger partial charge in [-0.15, -0.1) is 0 Å². The molecule has 0 aliphatic carbocycles. The molecule has 0 saturated heterocycles. The molecule has 0 aliphatic rings. The number of quaternary nitrogens is 1. The first-order valence-corrected chi connectivity index (χ1v) is 22.8. The number of carbonyl (C=O) groups excluding carboxylic acids is 1. The predicted octanol–water partition coefficient (Wildman–Crippen LogP) is 12.2. The van der Waals surface area contributed by atoms with Crippen molar-refractivity contribution in [2.75, 3.05) is 47.5 Å². The zero-order valence-electron chi connectivity index (χ0n) is 35.6. The van der Waals surface area contributed by atoms with Crippen LogP contribution in [0.2, 0.25) is 0 Å². The zero-order chi connectivity index (χ0) is 40.6. The van der Waals surface area contributed by atoms with Gasteiger partial charge in [0.05, 0.1) is 34.0 Å². The third kappa shape index (κ3) is 42.5. The van der Waals surface area contributed by atoms with Gasteiger partial charge in [-0.1, -0.05) is 157 Å². The first-order valence-electron chi connectivity index (χ1n) is 21.4. The molecule has 0 aromatic carbocycles. The number of carbonyl (C=O) groups is 1. The second-order valence-electron chi connectivity index (χ2n) is 15.0. The van der Waals surface area contributed by atoms with Crippen molar-refractivity contribution in [3.05, 3.63) is 85.3 Å². The SMILES string of the molecule is CC/C=C/C/C=C/C/C=C/C/C=C/C/C=C/C/C=C/CCC(=O)O[C@H](CO/C=C/CCCCCCCCCCCCCC)COP(=O)([O-])OCC[N+](C)(C)C. The second kappa shape index (κ2) is 38.4. The molecule has 0 saturated carbocycles. The van der Waals surface area contributed by atoms with Gasteiger partial charge in [0.15, 0.2) is 6.10 Å². The lowest BCUT2D eigenvalue weighted by atomic mass is 10.0. The summed E-state index contributed by atoms with van der Waals surface area (Å²) in [4.78, 5) is 25.0. The van der Waals surface area contributed by atoms with Gasteiger partial charge in [0.1, 0.15) is 19.8 Å². The fourth-order valence-electron chi connectivity index (χ4n) is 5.24. The molecule has 0 aliphatic heterocycles. The van der Waals surface area contributed by atoms with E-state index >= 15 is 0 Å². The largest absolute Gasteiger partial charge is 0.756 e. The van der Waals surface area contributed by atoms with E-state index in [2.05, 4.69) is 74.6 Å². The first kappa shape index (κ1) is 52.5. The molecule has 0 bridgehead atoms. The molecular formula is C46H80NO7P. The molecule has 0 heterocycles. The van der Waals surface area contributed by atoms with Crippen molar-refractivity contribution >= 4 is 13.8 Å². The molecule has 0 amide bonds. The highest BCUT2D eigenvalue weighted by atomic mass is 31.2. The van der Waals surface area contributed by atoms with Crippen LogP contribution in [0.15, 0.2) is 85.3 Å². The lowest BCUT2D eigenvalue weighted by Gasteiger charge is -2.28. The van der Waals surface area contributed by atoms with Gasteiger partial charge >= 0.3 is 5.97 Å². The second-order valence-corrected chi connectivity index (χ2v) is 16.4. The number of likely N-dealkylation sites (N-methyl/N-ethyl adjacent to an activating group) is 1. The Morgan fingerprint density at radius 1 is 0.600 bits per heavy atom. The van der Waals surface area contributed by atoms with Gasteiger partial charge in [-0.3, -0.25) is 9.36 Å². The van der Waals surface area contributed by atoms with E-state index in [0.717, 1.165) is 51.4 Å². The molecule has 0 spiro atoms. The Balaban J connectivity index is 4.46. The summed E-state index contributed by atoms with van der Waals surface area (Å²) in [5, 5.41) is 0. The van der Waals surface area contributed by atoms with Crippen LogP contribution >= 0.6 is 7.82 Å². The van der Waals surface area contributed by atoms with Crippen molar-refractivity contribution in [3.8, 4) is 0 Å². The molecule has 0 fully saturated rings. The van der Waals surface area contributed by atoms with Crippen molar-refractivity contribution in [2.45, 2.75) is 155 Å². The van der Waals surface area contributed by atoms with E-state index in [1.807, 2.05) is 39.4 Å². The number of hydrogen-bond acceptors (Lipinski definition) is 7. The number of rotatable bonds is 38. The van der Waals surface area contributed by atoms with E-state index in [9.17, 15) is 14.3 Å². The van der Waals surface area contributed by atoms with Crippen LogP contribution in [0.3, 0.4) is 0 Å². The van der Waals surface area contributed by atoms with E-state index in [1.54, 1.807) is 6.26 Å². The molecule has 9 heteroatoms. The normalized spacial score (nSPS) is 14.6. The number of phosphoric acid groups is 1. The van der Waals surface area contributed by atoms with E-state index in [1.165, 1.54) is 70.6 Å². The fraction of sp³-hybridized carbons (Fsp3) is 0.674. The Hall–Kier alpha value is -2.48. The van der Waals surface area contributed by atoms with Crippen molar-refractivity contribution in [3.63, 3.8) is 0 Å². The molecule has 1 unspecified atom stereocenters. The van der Waals surface area contributed by atoms with Crippen LogP contribution in [-0.4, -0.2) is 64.1 Å². The molecule has 55 heavy (non-hydrogen) atoms. The maximum absolute atomic E-state index is 12.6. The summed E-state index contributed by atoms with van der Waals surface area (Å²) in [6.07, 6.45) is 51.3. The average molecular weight is 790 g/mol. The lowest BCUT2D eigenvalue weighted by molar-refractivity contribution is -0.870. The number of nitrogens with zero attached hydrogens (tertiary/aromatic N) is 1. The summed E-state index contributed by atoms with van der Waals surface area (Å²) >= 11 is 0. The van der Waals surface area contributed by atoms with Gasteiger partial charge in [0, 0.05) is 6.42 Å². The zero-order valence-corrected chi connectivity index (χ0v) is 36.5. The highest BCUT2D eigenvalue weighted by Crippen LogP contribution is 2.38. The van der Waals surface area contributed by atoms with Crippen molar-refractivity contribution in [1.29, 1.82) is 0 Å². The molecule has 0 aromatic rings. The molecule has 0 aromatic heterocycles. The minimum Gasteiger partial charge on any atom is -0.756 e. The Bertz CT molecular complexity index is 1150. The molecule has 316 valence electrons. The van der Waals surface area contributed by atoms with E-state index in [0.29, 0.717) is 17.4 Å². The minimum atomic E-state index is -4.56. The molecule has 0 rings (SSSR count). The standard InChI is InChI=1S/C46H80NO7P/c1-6-8-10-12-14-16-18-20-22-23-24-25-26-27-29-31-33-35-37-39-46(48)54-45(44-53-55(49,50)52-42-40-47(3,4)5)43-51-41-38-36-34-32-30-28-21-19-17-15-13-11-9-7-2/h8,10,14,16,20,22,24-25,27,29,33,35,38,41,45H,6-7,9,11-13,15,17-19,21,23,26,28,30-32,34,36-37,39-40,42-44H2,1-5H3/b10-8+,16-14+,22-20+,25-24+,29-27+,35-33+,41-38+/t45-/m1/s1. The number of allylic oxidation sites excluding steroid dienone is 13. The summed E-state index contributed by atoms with van der Waals surface area (Å²) < 4.78 is 34.2. The maximum Gasteiger partial charge on any atom is 0.306 e. The van der Waals surface area contributed by atoms with Crippen LogP contribution in [0.1, 0.15) is 149 Å². The highest BCUT2D eigenvalue weighted by Gasteiger charge is 2.20. The summed E-state index contributed by atoms with van der Waals surface area (Å²) in [6.45, 7) is 4.51. The fourth-order valence-corrected chi connectivity index (χ4v) is 5.97. The topological polar surface area (TPSA) is 94.1 Å². The summed E-state index contributed by atoms with van der Waals surface area (Å²) in [5.74, 6) is -0.441. The number of ether oxygens (including phenoxy) is 2. The van der Waals surface area contributed by atoms with Crippen molar-refractivity contribution in [2.24, 2.45) is 0 Å². The van der Waals surface area contributed by atoms with Crippen LogP contribution in [0.5, 0.6) is 0 Å². The maximum atomic E-state index is 12.6. The van der Waals surface area contributed by atoms with E-state index in [4.69, 9.17) is 18.5 Å². The van der Waals surface area contributed by atoms with Crippen molar-refractivity contribution in [1.82, 2.24) is 0 Å². The third-order valence-corrected chi connectivity index (χ3v) is 9.50. The Morgan fingerprint density at radius 2 is 1.07 bits per heavy atom. The van der Waals surface area contributed by atoms with Gasteiger partial charge < -0.3 is 27.9 Å². The van der Waals surface area contributed by atoms with Crippen LogP contribution in [0.25, 0.3) is 0 Å². The van der Waals surface area contributed by atoms with E-state index < -0.39 is 19.9 Å². The van der Waals surface area contributed by atoms with Gasteiger partial charge in [-0.2, -0.15) is 0 Å². The molecule has 0 N–H and O–H groups in total. The summed E-state index contributed by atoms with van der Waals surface area (Å²) in [6, 6.07) is 0. The van der Waals surface area contributed by atoms with Crippen LogP contribution in [0, 0.1) is 0 Å². The minimum absolute atomic E-state index is 0.000941. The first-order chi connectivity index (χ1) is 26.6. The van der Waals surface area contributed by atoms with Gasteiger partial charge in [0.2, 0.25) is 0 Å². The van der Waals surface area contributed by atoms with Crippen LogP contribution in [-0.2, 0) is 27.9 Å². The number of esters is 1. The number of hydrogen-bond donors (Lipinski definition) is 0. The van der Waals surface area contributed by atoms with Crippen LogP contribution in [0.4, 0.5) is 0 Å². The smallest absolute Gasteiger partial charge is 0.306 e. The quantitative estimate of drug-likeness (QED) is 0.0153. The third-order valence-electron chi connectivity index (χ3n) is 8.54.